The fourth-order valence-electron chi connectivity index (χ4n) is 5.09. The van der Waals surface area contributed by atoms with E-state index >= 15 is 0 Å². The minimum atomic E-state index is 1.18. The largest absolute Gasteiger partial charge is 0.309 e. The van der Waals surface area contributed by atoms with Crippen molar-refractivity contribution in [1.82, 2.24) is 4.57 Å². The lowest BCUT2D eigenvalue weighted by molar-refractivity contribution is 1.18. The molecule has 0 atom stereocenters. The fourth-order valence-corrected chi connectivity index (χ4v) is 6.10. The first-order valence-corrected chi connectivity index (χ1v) is 13.0. The Bertz CT molecular complexity index is 1810. The zero-order valence-electron chi connectivity index (χ0n) is 19.6. The number of hydrogen-bond donors (Lipinski definition) is 0. The maximum Gasteiger partial charge on any atom is 0.0541 e. The molecule has 0 radical (unpaired) electrons. The minimum Gasteiger partial charge on any atom is -0.309 e. The van der Waals surface area contributed by atoms with Gasteiger partial charge in [0.05, 0.1) is 11.0 Å². The average molecular weight is 478 g/mol. The Labute approximate surface area is 214 Å². The molecule has 0 spiro atoms. The molecular weight excluding hydrogens is 454 g/mol. The van der Waals surface area contributed by atoms with Gasteiger partial charge < -0.3 is 4.57 Å². The van der Waals surface area contributed by atoms with Gasteiger partial charge in [-0.3, -0.25) is 0 Å². The van der Waals surface area contributed by atoms with Crippen molar-refractivity contribution in [2.24, 2.45) is 0 Å². The second kappa shape index (κ2) is 8.67. The average Bonchev–Trinajstić information content (AvgIpc) is 3.58. The second-order valence-electron chi connectivity index (χ2n) is 9.03. The molecule has 0 saturated heterocycles. The fraction of sp³-hybridized carbons (Fsp3) is 0. The third-order valence-electron chi connectivity index (χ3n) is 6.85. The molecule has 2 aromatic heterocycles. The number of benzene rings is 5. The van der Waals surface area contributed by atoms with E-state index in [1.54, 1.807) is 0 Å². The molecule has 36 heavy (non-hydrogen) atoms. The summed E-state index contributed by atoms with van der Waals surface area (Å²) in [5.41, 5.74) is 8.64. The molecule has 0 aliphatic heterocycles. The molecule has 0 saturated carbocycles. The van der Waals surface area contributed by atoms with Gasteiger partial charge in [-0.15, -0.1) is 11.3 Å². The lowest BCUT2D eigenvalue weighted by atomic mass is 10.0. The molecule has 7 aromatic rings. The molecule has 2 heteroatoms. The van der Waals surface area contributed by atoms with Gasteiger partial charge in [0.15, 0.2) is 0 Å². The topological polar surface area (TPSA) is 4.93 Å². The molecule has 2 heterocycles. The van der Waals surface area contributed by atoms with Crippen molar-refractivity contribution in [2.75, 3.05) is 0 Å². The summed E-state index contributed by atoms with van der Waals surface area (Å²) in [7, 11) is 0. The van der Waals surface area contributed by atoms with Gasteiger partial charge in [-0.25, -0.2) is 0 Å². The van der Waals surface area contributed by atoms with Crippen LogP contribution in [0.4, 0.5) is 0 Å². The van der Waals surface area contributed by atoms with Gasteiger partial charge in [0, 0.05) is 26.2 Å². The lowest BCUT2D eigenvalue weighted by Gasteiger charge is -2.09. The highest BCUT2D eigenvalue weighted by molar-refractivity contribution is 7.18. The van der Waals surface area contributed by atoms with E-state index in [0.29, 0.717) is 0 Å². The zero-order chi connectivity index (χ0) is 23.9. The van der Waals surface area contributed by atoms with Crippen molar-refractivity contribution < 1.29 is 0 Å². The molecule has 0 amide bonds. The number of thiophene rings is 1. The van der Waals surface area contributed by atoms with E-state index in [4.69, 9.17) is 0 Å². The summed E-state index contributed by atoms with van der Waals surface area (Å²) in [4.78, 5) is 2.58. The minimum absolute atomic E-state index is 1.18. The second-order valence-corrected chi connectivity index (χ2v) is 10.1. The van der Waals surface area contributed by atoms with Gasteiger partial charge >= 0.3 is 0 Å². The number of rotatable bonds is 4. The molecular formula is C34H23NS. The number of para-hydroxylation sites is 1. The maximum absolute atomic E-state index is 2.38. The van der Waals surface area contributed by atoms with Gasteiger partial charge in [-0.1, -0.05) is 97.1 Å². The Balaban J connectivity index is 1.31. The first-order chi connectivity index (χ1) is 17.8. The van der Waals surface area contributed by atoms with E-state index in [9.17, 15) is 0 Å². The number of fused-ring (bicyclic) bond motifs is 3. The van der Waals surface area contributed by atoms with E-state index in [0.717, 1.165) is 0 Å². The van der Waals surface area contributed by atoms with Crippen LogP contribution < -0.4 is 0 Å². The van der Waals surface area contributed by atoms with Crippen LogP contribution in [0.3, 0.4) is 0 Å². The summed E-state index contributed by atoms with van der Waals surface area (Å²) < 4.78 is 2.38. The van der Waals surface area contributed by atoms with Crippen molar-refractivity contribution in [1.29, 1.82) is 0 Å². The van der Waals surface area contributed by atoms with E-state index in [2.05, 4.69) is 144 Å². The van der Waals surface area contributed by atoms with Gasteiger partial charge in [0.1, 0.15) is 0 Å². The smallest absolute Gasteiger partial charge is 0.0541 e. The highest BCUT2D eigenvalue weighted by atomic mass is 32.1. The monoisotopic (exact) mass is 477 g/mol. The third kappa shape index (κ3) is 3.55. The molecule has 0 unspecified atom stereocenters. The van der Waals surface area contributed by atoms with Crippen molar-refractivity contribution in [2.45, 2.75) is 0 Å². The van der Waals surface area contributed by atoms with E-state index in [1.165, 1.54) is 59.5 Å². The van der Waals surface area contributed by atoms with Crippen LogP contribution in [0.25, 0.3) is 59.5 Å². The zero-order valence-corrected chi connectivity index (χ0v) is 20.5. The van der Waals surface area contributed by atoms with Crippen molar-refractivity contribution in [3.05, 3.63) is 140 Å². The third-order valence-corrected chi connectivity index (χ3v) is 8.04. The molecule has 0 aliphatic carbocycles. The molecule has 1 nitrogen and oxygen atoms in total. The molecule has 0 bridgehead atoms. The lowest BCUT2D eigenvalue weighted by Crippen LogP contribution is -1.93. The van der Waals surface area contributed by atoms with Crippen molar-refractivity contribution in [3.63, 3.8) is 0 Å². The SMILES string of the molecule is c1ccc(-c2ccc3c(c2)c2ccccc2n3-c2ccc(-c3ccc(-c4ccccc4)s3)cc2)cc1. The molecule has 0 fully saturated rings. The van der Waals surface area contributed by atoms with Gasteiger partial charge in [0.2, 0.25) is 0 Å². The van der Waals surface area contributed by atoms with Gasteiger partial charge in [0.25, 0.3) is 0 Å². The Morgan fingerprint density at radius 3 is 1.67 bits per heavy atom. The highest BCUT2D eigenvalue weighted by Crippen LogP contribution is 2.37. The van der Waals surface area contributed by atoms with Crippen molar-refractivity contribution in [3.8, 4) is 37.7 Å². The maximum atomic E-state index is 2.38. The Hall–Kier alpha value is -4.40. The van der Waals surface area contributed by atoms with Crippen molar-refractivity contribution >= 4 is 33.1 Å². The summed E-state index contributed by atoms with van der Waals surface area (Å²) in [6.45, 7) is 0. The summed E-state index contributed by atoms with van der Waals surface area (Å²) >= 11 is 1.84. The van der Waals surface area contributed by atoms with Gasteiger partial charge in [-0.05, 0) is 64.7 Å². The summed E-state index contributed by atoms with van der Waals surface area (Å²) in [5, 5.41) is 2.56. The Morgan fingerprint density at radius 2 is 0.944 bits per heavy atom. The van der Waals surface area contributed by atoms with Crippen LogP contribution in [0, 0.1) is 0 Å². The van der Waals surface area contributed by atoms with Crippen LogP contribution in [0.15, 0.2) is 140 Å². The predicted molar refractivity (Wildman–Crippen MR) is 155 cm³/mol. The molecule has 0 aliphatic rings. The first-order valence-electron chi connectivity index (χ1n) is 12.2. The Morgan fingerprint density at radius 1 is 0.389 bits per heavy atom. The van der Waals surface area contributed by atoms with Crippen LogP contribution >= 0.6 is 11.3 Å². The number of nitrogens with zero attached hydrogens (tertiary/aromatic N) is 1. The number of aromatic nitrogens is 1. The standard InChI is InChI=1S/C34H23NS/c1-3-9-24(10-4-1)27-17-20-32-30(23-27)29-13-7-8-14-31(29)35(32)28-18-15-26(16-19-28)34-22-21-33(36-34)25-11-5-2-6-12-25/h1-23H. The Kier molecular flexibility index (Phi) is 5.04. The highest BCUT2D eigenvalue weighted by Gasteiger charge is 2.13. The molecule has 0 N–H and O–H groups in total. The van der Waals surface area contributed by atoms with Crippen LogP contribution in [0.5, 0.6) is 0 Å². The van der Waals surface area contributed by atoms with E-state index in [1.807, 2.05) is 11.3 Å². The van der Waals surface area contributed by atoms with Gasteiger partial charge in [-0.2, -0.15) is 0 Å². The quantitative estimate of drug-likeness (QED) is 0.238. The molecule has 7 rings (SSSR count). The van der Waals surface area contributed by atoms with Crippen LogP contribution in [-0.2, 0) is 0 Å². The predicted octanol–water partition coefficient (Wildman–Crippen LogP) is 9.85. The van der Waals surface area contributed by atoms with E-state index < -0.39 is 0 Å². The van der Waals surface area contributed by atoms with Crippen LogP contribution in [0.2, 0.25) is 0 Å². The summed E-state index contributed by atoms with van der Waals surface area (Å²) in [5.74, 6) is 0. The van der Waals surface area contributed by atoms with E-state index in [-0.39, 0.29) is 0 Å². The molecule has 5 aromatic carbocycles. The van der Waals surface area contributed by atoms with Crippen LogP contribution in [0.1, 0.15) is 0 Å². The summed E-state index contributed by atoms with van der Waals surface area (Å²) in [6.07, 6.45) is 0. The van der Waals surface area contributed by atoms with Crippen LogP contribution in [-0.4, -0.2) is 4.57 Å². The normalized spacial score (nSPS) is 11.3. The summed E-state index contributed by atoms with van der Waals surface area (Å²) in [6, 6.07) is 50.2. The number of hydrogen-bond acceptors (Lipinski definition) is 1. The molecule has 170 valence electrons. The first kappa shape index (κ1) is 20.9.